The van der Waals surface area contributed by atoms with E-state index in [0.29, 0.717) is 0 Å². The van der Waals surface area contributed by atoms with Crippen LogP contribution in [0.3, 0.4) is 0 Å². The number of carboxylic acid groups (broad SMARTS) is 1. The van der Waals surface area contributed by atoms with Crippen LogP contribution < -0.4 is 5.32 Å². The molecule has 9 nitrogen and oxygen atoms in total. The number of benzene rings is 1. The molecule has 1 aromatic heterocycles. The Labute approximate surface area is 124 Å². The Bertz CT molecular complexity index is 725. The van der Waals surface area contributed by atoms with E-state index in [1.165, 1.54) is 13.2 Å². The Morgan fingerprint density at radius 1 is 1.32 bits per heavy atom. The molecule has 1 heterocycles. The number of methoxy groups -OCH3 is 1. The van der Waals surface area contributed by atoms with Gasteiger partial charge in [-0.1, -0.05) is 17.3 Å². The summed E-state index contributed by atoms with van der Waals surface area (Å²) in [6.07, 6.45) is 1.13. The highest BCUT2D eigenvalue weighted by molar-refractivity contribution is 6.01. The third-order valence-corrected chi connectivity index (χ3v) is 2.67. The number of rotatable bonds is 5. The van der Waals surface area contributed by atoms with Gasteiger partial charge in [0.2, 0.25) is 5.91 Å². The molecule has 1 amide bonds. The van der Waals surface area contributed by atoms with E-state index in [1.54, 1.807) is 18.2 Å². The molecule has 114 valence electrons. The molecule has 0 spiro atoms. The Morgan fingerprint density at radius 2 is 2.05 bits per heavy atom. The van der Waals surface area contributed by atoms with Gasteiger partial charge in [-0.15, -0.1) is 5.10 Å². The minimum absolute atomic E-state index is 0.211. The molecular weight excluding hydrogens is 292 g/mol. The minimum atomic E-state index is -1.23. The molecule has 2 aromatic rings. The molecule has 0 unspecified atom stereocenters. The molecule has 0 saturated heterocycles. The zero-order chi connectivity index (χ0) is 16.1. The Hall–Kier alpha value is -3.23. The van der Waals surface area contributed by atoms with Crippen molar-refractivity contribution < 1.29 is 24.2 Å². The summed E-state index contributed by atoms with van der Waals surface area (Å²) in [6, 6.07) is 6.35. The lowest BCUT2D eigenvalue weighted by atomic mass is 10.2. The fraction of sp³-hybridized carbons (Fsp3) is 0.154. The van der Waals surface area contributed by atoms with Crippen LogP contribution in [0.5, 0.6) is 0 Å². The molecule has 2 rings (SSSR count). The van der Waals surface area contributed by atoms with E-state index in [9.17, 15) is 14.4 Å². The first-order valence-electron chi connectivity index (χ1n) is 6.12. The smallest absolute Gasteiger partial charge is 0.358 e. The van der Waals surface area contributed by atoms with E-state index in [2.05, 4.69) is 20.4 Å². The maximum atomic E-state index is 11.9. The van der Waals surface area contributed by atoms with Gasteiger partial charge < -0.3 is 15.2 Å². The van der Waals surface area contributed by atoms with Gasteiger partial charge in [-0.2, -0.15) is 0 Å². The maximum Gasteiger partial charge on any atom is 0.358 e. The van der Waals surface area contributed by atoms with Gasteiger partial charge in [0.15, 0.2) is 5.69 Å². The van der Waals surface area contributed by atoms with Gasteiger partial charge in [0.25, 0.3) is 0 Å². The molecule has 22 heavy (non-hydrogen) atoms. The third-order valence-electron chi connectivity index (χ3n) is 2.67. The number of amides is 1. The number of ether oxygens (including phenoxy) is 1. The molecule has 9 heteroatoms. The Balaban J connectivity index is 2.09. The van der Waals surface area contributed by atoms with E-state index >= 15 is 0 Å². The first-order valence-corrected chi connectivity index (χ1v) is 6.12. The Morgan fingerprint density at radius 3 is 2.68 bits per heavy atom. The average Bonchev–Trinajstić information content (AvgIpc) is 2.95. The van der Waals surface area contributed by atoms with Gasteiger partial charge in [-0.05, 0) is 12.1 Å². The van der Waals surface area contributed by atoms with Crippen LogP contribution in [0.15, 0.2) is 30.5 Å². The number of hydrogen-bond acceptors (Lipinski definition) is 6. The first kappa shape index (κ1) is 15.2. The van der Waals surface area contributed by atoms with Crippen molar-refractivity contribution in [2.75, 3.05) is 12.4 Å². The molecule has 0 saturated carbocycles. The van der Waals surface area contributed by atoms with Gasteiger partial charge in [0.05, 0.1) is 24.6 Å². The number of para-hydroxylation sites is 1. The second-order valence-corrected chi connectivity index (χ2v) is 4.19. The standard InChI is InChI=1S/C13H12N4O5/c1-22-13(21)8-4-2-3-5-9(8)14-11(18)7-17-6-10(12(19)20)15-16-17/h2-6H,7H2,1H3,(H,14,18)(H,19,20). The summed E-state index contributed by atoms with van der Waals surface area (Å²) in [5.41, 5.74) is 0.240. The van der Waals surface area contributed by atoms with Gasteiger partial charge >= 0.3 is 11.9 Å². The monoisotopic (exact) mass is 304 g/mol. The zero-order valence-corrected chi connectivity index (χ0v) is 11.5. The van der Waals surface area contributed by atoms with Crippen LogP contribution in [-0.2, 0) is 16.1 Å². The van der Waals surface area contributed by atoms with Crippen molar-refractivity contribution in [3.8, 4) is 0 Å². The SMILES string of the molecule is COC(=O)c1ccccc1NC(=O)Cn1cc(C(=O)O)nn1. The van der Waals surface area contributed by atoms with Gasteiger partial charge in [0, 0.05) is 0 Å². The zero-order valence-electron chi connectivity index (χ0n) is 11.5. The number of nitrogens with one attached hydrogen (secondary N) is 1. The summed E-state index contributed by atoms with van der Waals surface area (Å²) >= 11 is 0. The molecule has 0 fully saturated rings. The summed E-state index contributed by atoms with van der Waals surface area (Å²) in [6.45, 7) is -0.240. The van der Waals surface area contributed by atoms with Gasteiger partial charge in [0.1, 0.15) is 6.54 Å². The summed E-state index contributed by atoms with van der Waals surface area (Å²) in [4.78, 5) is 34.2. The number of carbonyl (C=O) groups excluding carboxylic acids is 2. The van der Waals surface area contributed by atoms with Crippen molar-refractivity contribution in [3.63, 3.8) is 0 Å². The van der Waals surface area contributed by atoms with Crippen molar-refractivity contribution >= 4 is 23.5 Å². The van der Waals surface area contributed by atoms with Crippen LogP contribution >= 0.6 is 0 Å². The van der Waals surface area contributed by atoms with Crippen LogP contribution in [0.2, 0.25) is 0 Å². The number of aromatic nitrogens is 3. The second kappa shape index (κ2) is 6.48. The van der Waals surface area contributed by atoms with Crippen LogP contribution in [0, 0.1) is 0 Å². The lowest BCUT2D eigenvalue weighted by molar-refractivity contribution is -0.116. The second-order valence-electron chi connectivity index (χ2n) is 4.19. The van der Waals surface area contributed by atoms with Crippen molar-refractivity contribution in [2.24, 2.45) is 0 Å². The Kier molecular flexibility index (Phi) is 4.47. The molecule has 1 aromatic carbocycles. The fourth-order valence-electron chi connectivity index (χ4n) is 1.69. The predicted molar refractivity (Wildman–Crippen MR) is 73.4 cm³/mol. The van der Waals surface area contributed by atoms with Crippen LogP contribution in [0.4, 0.5) is 5.69 Å². The molecule has 0 bridgehead atoms. The molecule has 0 aliphatic rings. The van der Waals surface area contributed by atoms with Crippen molar-refractivity contribution in [1.29, 1.82) is 0 Å². The number of carboxylic acids is 1. The minimum Gasteiger partial charge on any atom is -0.476 e. The number of nitrogens with zero attached hydrogens (tertiary/aromatic N) is 3. The van der Waals surface area contributed by atoms with Crippen LogP contribution in [0.25, 0.3) is 0 Å². The summed E-state index contributed by atoms with van der Waals surface area (Å²) < 4.78 is 5.71. The highest BCUT2D eigenvalue weighted by Gasteiger charge is 2.15. The lowest BCUT2D eigenvalue weighted by Crippen LogP contribution is -2.20. The maximum absolute atomic E-state index is 11.9. The third kappa shape index (κ3) is 3.45. The summed E-state index contributed by atoms with van der Waals surface area (Å²) in [7, 11) is 1.24. The molecule has 0 aliphatic heterocycles. The average molecular weight is 304 g/mol. The molecule has 0 radical (unpaired) electrons. The van der Waals surface area contributed by atoms with Crippen molar-refractivity contribution in [3.05, 3.63) is 41.7 Å². The highest BCUT2D eigenvalue weighted by Crippen LogP contribution is 2.16. The highest BCUT2D eigenvalue weighted by atomic mass is 16.5. The predicted octanol–water partition coefficient (Wildman–Crippen LogP) is 0.402. The van der Waals surface area contributed by atoms with E-state index in [0.717, 1.165) is 10.9 Å². The van der Waals surface area contributed by atoms with Gasteiger partial charge in [-0.25, -0.2) is 14.3 Å². The number of esters is 1. The quantitative estimate of drug-likeness (QED) is 0.766. The topological polar surface area (TPSA) is 123 Å². The molecule has 0 aliphatic carbocycles. The number of hydrogen-bond donors (Lipinski definition) is 2. The lowest BCUT2D eigenvalue weighted by Gasteiger charge is -2.09. The van der Waals surface area contributed by atoms with E-state index < -0.39 is 17.8 Å². The van der Waals surface area contributed by atoms with E-state index in [1.807, 2.05) is 0 Å². The molecule has 2 N–H and O–H groups in total. The normalized spacial score (nSPS) is 10.0. The van der Waals surface area contributed by atoms with Crippen molar-refractivity contribution in [2.45, 2.75) is 6.54 Å². The summed E-state index contributed by atoms with van der Waals surface area (Å²) in [5, 5.41) is 18.2. The molecule has 0 atom stereocenters. The number of aromatic carboxylic acids is 1. The van der Waals surface area contributed by atoms with Crippen molar-refractivity contribution in [1.82, 2.24) is 15.0 Å². The van der Waals surface area contributed by atoms with Gasteiger partial charge in [-0.3, -0.25) is 4.79 Å². The van der Waals surface area contributed by atoms with Crippen LogP contribution in [0.1, 0.15) is 20.8 Å². The fourth-order valence-corrected chi connectivity index (χ4v) is 1.69. The number of carbonyl (C=O) groups is 3. The number of anilines is 1. The van der Waals surface area contributed by atoms with Crippen LogP contribution in [-0.4, -0.2) is 45.1 Å². The summed E-state index contributed by atoms with van der Waals surface area (Å²) in [5.74, 6) is -2.30. The first-order chi connectivity index (χ1) is 10.5. The van der Waals surface area contributed by atoms with E-state index in [4.69, 9.17) is 5.11 Å². The largest absolute Gasteiger partial charge is 0.476 e. The van der Waals surface area contributed by atoms with E-state index in [-0.39, 0.29) is 23.5 Å². The molecular formula is C13H12N4O5.